The molecule has 0 atom stereocenters. The fraction of sp³-hybridized carbons (Fsp3) is 0.348. The SMILES string of the molecule is COc1ccc(CNC(=O)CN2CCC(c3c[nH]c4ccccc34)CC2)cc1. The number of likely N-dealkylation sites (tertiary alicyclic amines) is 1. The Kier molecular flexibility index (Phi) is 5.63. The second-order valence-electron chi connectivity index (χ2n) is 7.46. The number of piperidine rings is 1. The van der Waals surface area contributed by atoms with Crippen molar-refractivity contribution in [3.8, 4) is 5.75 Å². The van der Waals surface area contributed by atoms with E-state index < -0.39 is 0 Å². The fourth-order valence-electron chi connectivity index (χ4n) is 4.04. The minimum atomic E-state index is 0.0846. The number of H-pyrrole nitrogens is 1. The van der Waals surface area contributed by atoms with Crippen molar-refractivity contribution in [2.75, 3.05) is 26.7 Å². The Hall–Kier alpha value is -2.79. The Morgan fingerprint density at radius 2 is 1.89 bits per heavy atom. The number of carbonyl (C=O) groups is 1. The number of aromatic amines is 1. The number of carbonyl (C=O) groups excluding carboxylic acids is 1. The predicted octanol–water partition coefficient (Wildman–Crippen LogP) is 3.67. The average Bonchev–Trinajstić information content (AvgIpc) is 3.17. The first-order chi connectivity index (χ1) is 13.7. The third-order valence-electron chi connectivity index (χ3n) is 5.66. The highest BCUT2D eigenvalue weighted by Gasteiger charge is 2.23. The van der Waals surface area contributed by atoms with Crippen LogP contribution in [0.1, 0.15) is 29.9 Å². The van der Waals surface area contributed by atoms with Crippen molar-refractivity contribution < 1.29 is 9.53 Å². The second kappa shape index (κ2) is 8.48. The number of hydrogen-bond acceptors (Lipinski definition) is 3. The van der Waals surface area contributed by atoms with E-state index in [0.29, 0.717) is 19.0 Å². The Bertz CT molecular complexity index is 924. The first-order valence-electron chi connectivity index (χ1n) is 9.91. The molecule has 4 rings (SSSR count). The number of nitrogens with one attached hydrogen (secondary N) is 2. The summed E-state index contributed by atoms with van der Waals surface area (Å²) in [7, 11) is 1.65. The minimum absolute atomic E-state index is 0.0846. The lowest BCUT2D eigenvalue weighted by Crippen LogP contribution is -2.41. The Labute approximate surface area is 165 Å². The van der Waals surface area contributed by atoms with E-state index in [1.54, 1.807) is 7.11 Å². The predicted molar refractivity (Wildman–Crippen MR) is 112 cm³/mol. The highest BCUT2D eigenvalue weighted by molar-refractivity contribution is 5.83. The van der Waals surface area contributed by atoms with Crippen molar-refractivity contribution in [3.63, 3.8) is 0 Å². The number of para-hydroxylation sites is 1. The molecular formula is C23H27N3O2. The van der Waals surface area contributed by atoms with E-state index in [2.05, 4.69) is 45.7 Å². The summed E-state index contributed by atoms with van der Waals surface area (Å²) >= 11 is 0. The molecule has 146 valence electrons. The number of aromatic nitrogens is 1. The van der Waals surface area contributed by atoms with Gasteiger partial charge in [0.05, 0.1) is 13.7 Å². The fourth-order valence-corrected chi connectivity index (χ4v) is 4.04. The van der Waals surface area contributed by atoms with Gasteiger partial charge in [-0.2, -0.15) is 0 Å². The van der Waals surface area contributed by atoms with E-state index in [0.717, 1.165) is 37.2 Å². The van der Waals surface area contributed by atoms with Crippen LogP contribution >= 0.6 is 0 Å². The molecule has 0 spiro atoms. The molecule has 2 aromatic carbocycles. The topological polar surface area (TPSA) is 57.4 Å². The second-order valence-corrected chi connectivity index (χ2v) is 7.46. The number of amides is 1. The quantitative estimate of drug-likeness (QED) is 0.689. The molecule has 1 aliphatic rings. The van der Waals surface area contributed by atoms with E-state index in [4.69, 9.17) is 4.74 Å². The standard InChI is InChI=1S/C23H27N3O2/c1-28-19-8-6-17(7-9-19)14-25-23(27)16-26-12-10-18(11-13-26)21-15-24-22-5-3-2-4-20(21)22/h2-9,15,18,24H,10-14,16H2,1H3,(H,25,27). The number of benzene rings is 2. The Morgan fingerprint density at radius 3 is 2.64 bits per heavy atom. The summed E-state index contributed by atoms with van der Waals surface area (Å²) in [5, 5.41) is 4.35. The van der Waals surface area contributed by atoms with E-state index in [9.17, 15) is 4.79 Å². The van der Waals surface area contributed by atoms with Crippen molar-refractivity contribution in [1.82, 2.24) is 15.2 Å². The van der Waals surface area contributed by atoms with Crippen LogP contribution in [0.5, 0.6) is 5.75 Å². The van der Waals surface area contributed by atoms with Gasteiger partial charge in [0.2, 0.25) is 5.91 Å². The summed E-state index contributed by atoms with van der Waals surface area (Å²) in [5.41, 5.74) is 3.70. The van der Waals surface area contributed by atoms with Gasteiger partial charge in [-0.1, -0.05) is 30.3 Å². The number of nitrogens with zero attached hydrogens (tertiary/aromatic N) is 1. The first kappa shape index (κ1) is 18.6. The summed E-state index contributed by atoms with van der Waals surface area (Å²) in [6.07, 6.45) is 4.34. The monoisotopic (exact) mass is 377 g/mol. The molecule has 3 aromatic rings. The molecule has 5 nitrogen and oxygen atoms in total. The number of methoxy groups -OCH3 is 1. The molecule has 1 aromatic heterocycles. The molecule has 0 unspecified atom stereocenters. The van der Waals surface area contributed by atoms with Crippen LogP contribution in [-0.4, -0.2) is 42.5 Å². The molecule has 0 aliphatic carbocycles. The molecule has 1 fully saturated rings. The lowest BCUT2D eigenvalue weighted by atomic mass is 9.89. The van der Waals surface area contributed by atoms with Crippen molar-refractivity contribution >= 4 is 16.8 Å². The van der Waals surface area contributed by atoms with Crippen LogP contribution in [0.4, 0.5) is 0 Å². The van der Waals surface area contributed by atoms with Gasteiger partial charge in [0.25, 0.3) is 0 Å². The number of fused-ring (bicyclic) bond motifs is 1. The lowest BCUT2D eigenvalue weighted by Gasteiger charge is -2.31. The van der Waals surface area contributed by atoms with E-state index in [1.165, 1.54) is 16.5 Å². The van der Waals surface area contributed by atoms with E-state index in [1.807, 2.05) is 24.3 Å². The van der Waals surface area contributed by atoms with Crippen LogP contribution < -0.4 is 10.1 Å². The van der Waals surface area contributed by atoms with Gasteiger partial charge in [-0.25, -0.2) is 0 Å². The van der Waals surface area contributed by atoms with Gasteiger partial charge >= 0.3 is 0 Å². The van der Waals surface area contributed by atoms with Crippen molar-refractivity contribution in [3.05, 3.63) is 65.9 Å². The molecule has 28 heavy (non-hydrogen) atoms. The Balaban J connectivity index is 1.25. The summed E-state index contributed by atoms with van der Waals surface area (Å²) in [4.78, 5) is 18.0. The molecule has 1 saturated heterocycles. The third kappa shape index (κ3) is 4.20. The largest absolute Gasteiger partial charge is 0.497 e. The van der Waals surface area contributed by atoms with Crippen LogP contribution in [-0.2, 0) is 11.3 Å². The maximum Gasteiger partial charge on any atom is 0.234 e. The van der Waals surface area contributed by atoms with Crippen LogP contribution in [0.3, 0.4) is 0 Å². The van der Waals surface area contributed by atoms with Crippen LogP contribution in [0.15, 0.2) is 54.7 Å². The van der Waals surface area contributed by atoms with E-state index >= 15 is 0 Å². The molecule has 0 bridgehead atoms. The zero-order valence-corrected chi connectivity index (χ0v) is 16.3. The van der Waals surface area contributed by atoms with Gasteiger partial charge < -0.3 is 15.0 Å². The van der Waals surface area contributed by atoms with Gasteiger partial charge in [0.1, 0.15) is 5.75 Å². The summed E-state index contributed by atoms with van der Waals surface area (Å²) in [6, 6.07) is 16.3. The average molecular weight is 377 g/mol. The molecule has 5 heteroatoms. The molecule has 1 aliphatic heterocycles. The molecule has 1 amide bonds. The zero-order valence-electron chi connectivity index (χ0n) is 16.3. The van der Waals surface area contributed by atoms with Gasteiger partial charge in [0, 0.05) is 23.6 Å². The minimum Gasteiger partial charge on any atom is -0.497 e. The van der Waals surface area contributed by atoms with Crippen LogP contribution in [0, 0.1) is 0 Å². The molecule has 2 N–H and O–H groups in total. The summed E-state index contributed by atoms with van der Waals surface area (Å²) in [6.45, 7) is 2.94. The third-order valence-corrected chi connectivity index (χ3v) is 5.66. The maximum absolute atomic E-state index is 12.3. The van der Waals surface area contributed by atoms with Crippen LogP contribution in [0.2, 0.25) is 0 Å². The zero-order chi connectivity index (χ0) is 19.3. The summed E-state index contributed by atoms with van der Waals surface area (Å²) < 4.78 is 5.16. The Morgan fingerprint density at radius 1 is 1.14 bits per heavy atom. The first-order valence-corrected chi connectivity index (χ1v) is 9.91. The number of ether oxygens (including phenoxy) is 1. The molecule has 0 radical (unpaired) electrons. The maximum atomic E-state index is 12.3. The van der Waals surface area contributed by atoms with Crippen molar-refractivity contribution in [2.45, 2.75) is 25.3 Å². The summed E-state index contributed by atoms with van der Waals surface area (Å²) in [5.74, 6) is 1.48. The highest BCUT2D eigenvalue weighted by Crippen LogP contribution is 2.32. The molecule has 0 saturated carbocycles. The van der Waals surface area contributed by atoms with Crippen LogP contribution in [0.25, 0.3) is 10.9 Å². The number of rotatable bonds is 6. The smallest absolute Gasteiger partial charge is 0.234 e. The number of hydrogen-bond donors (Lipinski definition) is 2. The van der Waals surface area contributed by atoms with Gasteiger partial charge in [-0.3, -0.25) is 9.69 Å². The molecule has 2 heterocycles. The normalized spacial score (nSPS) is 15.6. The van der Waals surface area contributed by atoms with Crippen molar-refractivity contribution in [1.29, 1.82) is 0 Å². The van der Waals surface area contributed by atoms with E-state index in [-0.39, 0.29) is 5.91 Å². The van der Waals surface area contributed by atoms with Gasteiger partial charge in [-0.15, -0.1) is 0 Å². The lowest BCUT2D eigenvalue weighted by molar-refractivity contribution is -0.122. The van der Waals surface area contributed by atoms with Gasteiger partial charge in [0.15, 0.2) is 0 Å². The van der Waals surface area contributed by atoms with Crippen molar-refractivity contribution in [2.24, 2.45) is 0 Å². The van der Waals surface area contributed by atoms with Gasteiger partial charge in [-0.05, 0) is 61.2 Å². The highest BCUT2D eigenvalue weighted by atomic mass is 16.5. The molecular weight excluding hydrogens is 350 g/mol.